The number of rotatable bonds is 5. The molecule has 23 heavy (non-hydrogen) atoms. The molecule has 0 radical (unpaired) electrons. The Balaban J connectivity index is 2.12. The highest BCUT2D eigenvalue weighted by molar-refractivity contribution is 8.13. The van der Waals surface area contributed by atoms with Gasteiger partial charge in [-0.15, -0.1) is 0 Å². The molecule has 5 heteroatoms. The molecule has 0 spiro atoms. The lowest BCUT2D eigenvalue weighted by atomic mass is 9.75. The summed E-state index contributed by atoms with van der Waals surface area (Å²) in [6.07, 6.45) is 3.06. The van der Waals surface area contributed by atoms with Crippen molar-refractivity contribution in [2.45, 2.75) is 38.5 Å². The van der Waals surface area contributed by atoms with Gasteiger partial charge in [0.2, 0.25) is 5.12 Å². The minimum atomic E-state index is -1.05. The van der Waals surface area contributed by atoms with Gasteiger partial charge >= 0.3 is 0 Å². The predicted molar refractivity (Wildman–Crippen MR) is 89.7 cm³/mol. The molecule has 0 amide bonds. The van der Waals surface area contributed by atoms with E-state index in [9.17, 15) is 19.2 Å². The predicted octanol–water partition coefficient (Wildman–Crippen LogP) is 3.19. The maximum absolute atomic E-state index is 12.2. The summed E-state index contributed by atoms with van der Waals surface area (Å²) in [6, 6.07) is 7.03. The van der Waals surface area contributed by atoms with E-state index in [4.69, 9.17) is 0 Å². The van der Waals surface area contributed by atoms with Crippen LogP contribution in [0.5, 0.6) is 0 Å². The standard InChI is InChI=1S/C18H20O4S/c1-3-4-14(19)17-15(20)9-13(10-16(17)21)11-5-7-12(8-6-11)18(22)23-2/h5-8,13,17H,3-4,9-10H2,1-2H3. The van der Waals surface area contributed by atoms with Crippen LogP contribution < -0.4 is 0 Å². The topological polar surface area (TPSA) is 68.3 Å². The summed E-state index contributed by atoms with van der Waals surface area (Å²) in [5, 5.41) is -0.0161. The van der Waals surface area contributed by atoms with Crippen LogP contribution in [-0.2, 0) is 14.4 Å². The number of carbonyl (C=O) groups excluding carboxylic acids is 4. The van der Waals surface area contributed by atoms with Crippen LogP contribution >= 0.6 is 11.8 Å². The van der Waals surface area contributed by atoms with E-state index in [0.717, 1.165) is 17.3 Å². The molecule has 4 nitrogen and oxygen atoms in total. The molecule has 1 fully saturated rings. The van der Waals surface area contributed by atoms with Crippen LogP contribution in [0.1, 0.15) is 54.4 Å². The zero-order chi connectivity index (χ0) is 17.0. The van der Waals surface area contributed by atoms with Crippen LogP contribution in [0.2, 0.25) is 0 Å². The average Bonchev–Trinajstić information content (AvgIpc) is 2.53. The van der Waals surface area contributed by atoms with Gasteiger partial charge < -0.3 is 0 Å². The molecule has 1 aliphatic rings. The molecule has 1 aromatic rings. The van der Waals surface area contributed by atoms with Crippen molar-refractivity contribution >= 4 is 34.2 Å². The molecule has 0 atom stereocenters. The fraction of sp³-hybridized carbons (Fsp3) is 0.444. The van der Waals surface area contributed by atoms with Gasteiger partial charge in [-0.05, 0) is 24.2 Å². The van der Waals surface area contributed by atoms with Gasteiger partial charge in [-0.3, -0.25) is 19.2 Å². The second-order valence-corrected chi connectivity index (χ2v) is 6.58. The molecule has 0 saturated heterocycles. The summed E-state index contributed by atoms with van der Waals surface area (Å²) in [7, 11) is 0. The molecule has 0 heterocycles. The minimum absolute atomic E-state index is 0.0161. The van der Waals surface area contributed by atoms with Gasteiger partial charge in [0, 0.05) is 24.8 Å². The van der Waals surface area contributed by atoms with Crippen LogP contribution in [0.4, 0.5) is 0 Å². The molecule has 1 aliphatic carbocycles. The van der Waals surface area contributed by atoms with E-state index in [-0.39, 0.29) is 47.6 Å². The lowest BCUT2D eigenvalue weighted by molar-refractivity contribution is -0.142. The van der Waals surface area contributed by atoms with Crippen LogP contribution in [-0.4, -0.2) is 28.7 Å². The first-order chi connectivity index (χ1) is 11.0. The van der Waals surface area contributed by atoms with E-state index in [1.165, 1.54) is 0 Å². The second kappa shape index (κ2) is 7.68. The third-order valence-electron chi connectivity index (χ3n) is 4.16. The molecule has 0 aliphatic heterocycles. The normalized spacial score (nSPS) is 21.3. The van der Waals surface area contributed by atoms with Gasteiger partial charge in [0.1, 0.15) is 5.92 Å². The maximum Gasteiger partial charge on any atom is 0.219 e. The average molecular weight is 332 g/mol. The summed E-state index contributed by atoms with van der Waals surface area (Å²) in [6.45, 7) is 1.86. The van der Waals surface area contributed by atoms with Crippen LogP contribution in [0.15, 0.2) is 24.3 Å². The number of Topliss-reactive ketones (excluding diaryl/α,β-unsaturated/α-hetero) is 3. The summed E-state index contributed by atoms with van der Waals surface area (Å²) in [5.74, 6) is -2.03. The van der Waals surface area contributed by atoms with E-state index in [2.05, 4.69) is 0 Å². The van der Waals surface area contributed by atoms with Gasteiger partial charge in [-0.25, -0.2) is 0 Å². The summed E-state index contributed by atoms with van der Waals surface area (Å²) < 4.78 is 0. The second-order valence-electron chi connectivity index (χ2n) is 5.80. The number of hydrogen-bond donors (Lipinski definition) is 0. The van der Waals surface area contributed by atoms with Crippen molar-refractivity contribution in [2.24, 2.45) is 5.92 Å². The van der Waals surface area contributed by atoms with Crippen LogP contribution in [0.25, 0.3) is 0 Å². The molecule has 2 rings (SSSR count). The maximum atomic E-state index is 12.2. The van der Waals surface area contributed by atoms with Gasteiger partial charge in [-0.1, -0.05) is 43.0 Å². The Hall–Kier alpha value is -1.75. The van der Waals surface area contributed by atoms with E-state index < -0.39 is 5.92 Å². The van der Waals surface area contributed by atoms with E-state index in [0.29, 0.717) is 12.0 Å². The molecule has 122 valence electrons. The molecule has 1 saturated carbocycles. The first kappa shape index (κ1) is 17.6. The van der Waals surface area contributed by atoms with Crippen molar-refractivity contribution < 1.29 is 19.2 Å². The first-order valence-corrected chi connectivity index (χ1v) is 8.96. The highest BCUT2D eigenvalue weighted by Gasteiger charge is 2.39. The fourth-order valence-electron chi connectivity index (χ4n) is 2.97. The number of hydrogen-bond acceptors (Lipinski definition) is 5. The van der Waals surface area contributed by atoms with Crippen molar-refractivity contribution in [3.8, 4) is 0 Å². The van der Waals surface area contributed by atoms with E-state index in [1.54, 1.807) is 30.5 Å². The van der Waals surface area contributed by atoms with Crippen molar-refractivity contribution in [3.63, 3.8) is 0 Å². The van der Waals surface area contributed by atoms with Crippen LogP contribution in [0, 0.1) is 5.92 Å². The van der Waals surface area contributed by atoms with Crippen molar-refractivity contribution in [1.29, 1.82) is 0 Å². The van der Waals surface area contributed by atoms with Crippen LogP contribution in [0.3, 0.4) is 0 Å². The number of thioether (sulfide) groups is 1. The summed E-state index contributed by atoms with van der Waals surface area (Å²) in [4.78, 5) is 48.0. The summed E-state index contributed by atoms with van der Waals surface area (Å²) >= 11 is 1.14. The molecule has 0 unspecified atom stereocenters. The van der Waals surface area contributed by atoms with E-state index in [1.807, 2.05) is 6.92 Å². The molecule has 0 bridgehead atoms. The zero-order valence-electron chi connectivity index (χ0n) is 13.3. The minimum Gasteiger partial charge on any atom is -0.298 e. The van der Waals surface area contributed by atoms with Gasteiger partial charge in [-0.2, -0.15) is 0 Å². The molecule has 1 aromatic carbocycles. The molecular weight excluding hydrogens is 312 g/mol. The third kappa shape index (κ3) is 3.96. The Morgan fingerprint density at radius 1 is 1.09 bits per heavy atom. The smallest absolute Gasteiger partial charge is 0.219 e. The number of ketones is 3. The monoisotopic (exact) mass is 332 g/mol. The quantitative estimate of drug-likeness (QED) is 0.775. The Kier molecular flexibility index (Phi) is 5.88. The molecule has 0 aromatic heterocycles. The van der Waals surface area contributed by atoms with Crippen molar-refractivity contribution in [2.75, 3.05) is 6.26 Å². The lowest BCUT2D eigenvalue weighted by Gasteiger charge is -2.26. The Labute approximate surface area is 140 Å². The molecule has 0 N–H and O–H groups in total. The number of carbonyl (C=O) groups is 4. The van der Waals surface area contributed by atoms with E-state index >= 15 is 0 Å². The Morgan fingerprint density at radius 2 is 1.65 bits per heavy atom. The van der Waals surface area contributed by atoms with Gasteiger partial charge in [0.15, 0.2) is 17.3 Å². The highest BCUT2D eigenvalue weighted by atomic mass is 32.2. The summed E-state index contributed by atoms with van der Waals surface area (Å²) in [5.41, 5.74) is 1.47. The first-order valence-electron chi connectivity index (χ1n) is 7.74. The van der Waals surface area contributed by atoms with Crippen molar-refractivity contribution in [3.05, 3.63) is 35.4 Å². The zero-order valence-corrected chi connectivity index (χ0v) is 14.2. The SMILES string of the molecule is CCCC(=O)C1C(=O)CC(c2ccc(C(=O)SC)cc2)CC1=O. The largest absolute Gasteiger partial charge is 0.298 e. The Bertz CT molecular complexity index is 615. The van der Waals surface area contributed by atoms with Gasteiger partial charge in [0.05, 0.1) is 0 Å². The number of benzene rings is 1. The third-order valence-corrected chi connectivity index (χ3v) is 4.77. The molecular formula is C18H20O4S. The fourth-order valence-corrected chi connectivity index (χ4v) is 3.34. The van der Waals surface area contributed by atoms with Crippen molar-refractivity contribution in [1.82, 2.24) is 0 Å². The lowest BCUT2D eigenvalue weighted by Crippen LogP contribution is -2.38. The highest BCUT2D eigenvalue weighted by Crippen LogP contribution is 2.33. The van der Waals surface area contributed by atoms with Gasteiger partial charge in [0.25, 0.3) is 0 Å². The Morgan fingerprint density at radius 3 is 2.13 bits per heavy atom.